The standard InChI is InChI=1S/C19H22N2O4/c1-12-8-16(15-6-4-5-7-17(15)20-12)19(23)24-11-18(22)21-9-13(2)25-14(3)10-21/h4-8,13-14H,9-11H2,1-3H3/t13-,14-/m1/s1. The van der Waals surface area contributed by atoms with Crippen LogP contribution in [-0.4, -0.2) is 53.7 Å². The van der Waals surface area contributed by atoms with Crippen LogP contribution < -0.4 is 0 Å². The van der Waals surface area contributed by atoms with E-state index in [2.05, 4.69) is 4.98 Å². The lowest BCUT2D eigenvalue weighted by molar-refractivity contribution is -0.146. The second kappa shape index (κ2) is 7.19. The van der Waals surface area contributed by atoms with E-state index in [1.165, 1.54) is 0 Å². The van der Waals surface area contributed by atoms with Crippen molar-refractivity contribution in [1.29, 1.82) is 0 Å². The number of hydrogen-bond acceptors (Lipinski definition) is 5. The van der Waals surface area contributed by atoms with Crippen LogP contribution >= 0.6 is 0 Å². The van der Waals surface area contributed by atoms with Crippen LogP contribution in [0.5, 0.6) is 0 Å². The van der Waals surface area contributed by atoms with Gasteiger partial charge in [0.05, 0.1) is 23.3 Å². The highest BCUT2D eigenvalue weighted by Crippen LogP contribution is 2.19. The smallest absolute Gasteiger partial charge is 0.339 e. The molecule has 1 fully saturated rings. The van der Waals surface area contributed by atoms with Crippen molar-refractivity contribution < 1.29 is 19.1 Å². The molecular formula is C19H22N2O4. The maximum atomic E-state index is 12.5. The molecule has 0 aliphatic carbocycles. The van der Waals surface area contributed by atoms with E-state index in [1.807, 2.05) is 45.0 Å². The number of aryl methyl sites for hydroxylation is 1. The van der Waals surface area contributed by atoms with Crippen molar-refractivity contribution in [3.63, 3.8) is 0 Å². The Hall–Kier alpha value is -2.47. The third-order valence-corrected chi connectivity index (χ3v) is 4.16. The van der Waals surface area contributed by atoms with Gasteiger partial charge in [-0.3, -0.25) is 9.78 Å². The number of benzene rings is 1. The Kier molecular flexibility index (Phi) is 4.99. The molecule has 1 aliphatic heterocycles. The molecule has 0 unspecified atom stereocenters. The molecule has 3 rings (SSSR count). The molecule has 0 bridgehead atoms. The molecule has 132 valence electrons. The van der Waals surface area contributed by atoms with Gasteiger partial charge >= 0.3 is 5.97 Å². The quantitative estimate of drug-likeness (QED) is 0.801. The number of nitrogens with zero attached hydrogens (tertiary/aromatic N) is 2. The summed E-state index contributed by atoms with van der Waals surface area (Å²) in [6.07, 6.45) is -0.0367. The van der Waals surface area contributed by atoms with Crippen LogP contribution in [0.1, 0.15) is 29.9 Å². The van der Waals surface area contributed by atoms with Crippen LogP contribution in [0.15, 0.2) is 30.3 Å². The first-order valence-electron chi connectivity index (χ1n) is 8.41. The predicted octanol–water partition coefficient (Wildman–Crippen LogP) is 2.34. The first-order valence-corrected chi connectivity index (χ1v) is 8.41. The van der Waals surface area contributed by atoms with Crippen molar-refractivity contribution in [2.75, 3.05) is 19.7 Å². The average molecular weight is 342 g/mol. The van der Waals surface area contributed by atoms with Crippen LogP contribution in [0.25, 0.3) is 10.9 Å². The molecule has 0 radical (unpaired) electrons. The maximum absolute atomic E-state index is 12.5. The number of morpholine rings is 1. The van der Waals surface area contributed by atoms with Gasteiger partial charge < -0.3 is 14.4 Å². The molecule has 1 aromatic heterocycles. The van der Waals surface area contributed by atoms with Crippen LogP contribution in [0, 0.1) is 6.92 Å². The molecule has 1 aromatic carbocycles. The van der Waals surface area contributed by atoms with E-state index in [9.17, 15) is 9.59 Å². The Morgan fingerprint density at radius 3 is 2.64 bits per heavy atom. The van der Waals surface area contributed by atoms with Gasteiger partial charge in [0.1, 0.15) is 0 Å². The van der Waals surface area contributed by atoms with E-state index in [-0.39, 0.29) is 24.7 Å². The second-order valence-corrected chi connectivity index (χ2v) is 6.46. The Labute approximate surface area is 146 Å². The summed E-state index contributed by atoms with van der Waals surface area (Å²) in [6.45, 7) is 6.43. The second-order valence-electron chi connectivity index (χ2n) is 6.46. The molecule has 2 heterocycles. The van der Waals surface area contributed by atoms with Crippen LogP contribution in [0.4, 0.5) is 0 Å². The normalized spacial score (nSPS) is 20.5. The van der Waals surface area contributed by atoms with Gasteiger partial charge in [-0.1, -0.05) is 18.2 Å². The van der Waals surface area contributed by atoms with Crippen molar-refractivity contribution in [2.24, 2.45) is 0 Å². The molecule has 1 saturated heterocycles. The molecule has 2 aromatic rings. The van der Waals surface area contributed by atoms with Gasteiger partial charge in [0.15, 0.2) is 6.61 Å². The summed E-state index contributed by atoms with van der Waals surface area (Å²) in [5.41, 5.74) is 1.89. The molecule has 0 saturated carbocycles. The van der Waals surface area contributed by atoms with Crippen molar-refractivity contribution >= 4 is 22.8 Å². The Balaban J connectivity index is 1.70. The SMILES string of the molecule is Cc1cc(C(=O)OCC(=O)N2C[C@@H](C)O[C@H](C)C2)c2ccccc2n1. The third kappa shape index (κ3) is 3.96. The van der Waals surface area contributed by atoms with E-state index in [1.54, 1.807) is 11.0 Å². The summed E-state index contributed by atoms with van der Waals surface area (Å²) in [7, 11) is 0. The number of amides is 1. The molecule has 6 nitrogen and oxygen atoms in total. The first kappa shape index (κ1) is 17.4. The molecule has 2 atom stereocenters. The summed E-state index contributed by atoms with van der Waals surface area (Å²) in [5, 5.41) is 0.721. The lowest BCUT2D eigenvalue weighted by Gasteiger charge is -2.35. The van der Waals surface area contributed by atoms with Crippen molar-refractivity contribution in [3.05, 3.63) is 41.6 Å². The summed E-state index contributed by atoms with van der Waals surface area (Å²) in [6, 6.07) is 9.08. The number of para-hydroxylation sites is 1. The fraction of sp³-hybridized carbons (Fsp3) is 0.421. The number of aromatic nitrogens is 1. The summed E-state index contributed by atoms with van der Waals surface area (Å²) in [5.74, 6) is -0.713. The number of carbonyl (C=O) groups is 2. The van der Waals surface area contributed by atoms with Crippen LogP contribution in [0.3, 0.4) is 0 Å². The number of fused-ring (bicyclic) bond motifs is 1. The number of hydrogen-bond donors (Lipinski definition) is 0. The average Bonchev–Trinajstić information content (AvgIpc) is 2.57. The minimum absolute atomic E-state index is 0.0183. The van der Waals surface area contributed by atoms with Gasteiger partial charge in [-0.05, 0) is 32.9 Å². The van der Waals surface area contributed by atoms with Crippen molar-refractivity contribution in [3.8, 4) is 0 Å². The van der Waals surface area contributed by atoms with Crippen LogP contribution in [-0.2, 0) is 14.3 Å². The van der Waals surface area contributed by atoms with E-state index < -0.39 is 5.97 Å². The minimum Gasteiger partial charge on any atom is -0.452 e. The third-order valence-electron chi connectivity index (χ3n) is 4.16. The Morgan fingerprint density at radius 1 is 1.24 bits per heavy atom. The summed E-state index contributed by atoms with van der Waals surface area (Å²) < 4.78 is 10.9. The van der Waals surface area contributed by atoms with Gasteiger partial charge in [0, 0.05) is 24.2 Å². The predicted molar refractivity (Wildman–Crippen MR) is 93.4 cm³/mol. The zero-order valence-corrected chi connectivity index (χ0v) is 14.7. The van der Waals surface area contributed by atoms with Gasteiger partial charge in [0.2, 0.25) is 0 Å². The number of rotatable bonds is 3. The van der Waals surface area contributed by atoms with Gasteiger partial charge in [-0.2, -0.15) is 0 Å². The Morgan fingerprint density at radius 2 is 1.92 bits per heavy atom. The van der Waals surface area contributed by atoms with E-state index in [4.69, 9.17) is 9.47 Å². The number of esters is 1. The molecular weight excluding hydrogens is 320 g/mol. The van der Waals surface area contributed by atoms with Gasteiger partial charge in [-0.15, -0.1) is 0 Å². The van der Waals surface area contributed by atoms with Crippen molar-refractivity contribution in [2.45, 2.75) is 33.0 Å². The van der Waals surface area contributed by atoms with Gasteiger partial charge in [-0.25, -0.2) is 4.79 Å². The molecule has 1 aliphatic rings. The van der Waals surface area contributed by atoms with Gasteiger partial charge in [0.25, 0.3) is 5.91 Å². The molecule has 25 heavy (non-hydrogen) atoms. The lowest BCUT2D eigenvalue weighted by atomic mass is 10.1. The topological polar surface area (TPSA) is 68.7 Å². The number of pyridine rings is 1. The fourth-order valence-corrected chi connectivity index (χ4v) is 3.15. The van der Waals surface area contributed by atoms with E-state index >= 15 is 0 Å². The number of carbonyl (C=O) groups excluding carboxylic acids is 2. The zero-order chi connectivity index (χ0) is 18.0. The fourth-order valence-electron chi connectivity index (χ4n) is 3.15. The highest BCUT2D eigenvalue weighted by atomic mass is 16.5. The largest absolute Gasteiger partial charge is 0.452 e. The van der Waals surface area contributed by atoms with Crippen LogP contribution in [0.2, 0.25) is 0 Å². The molecule has 0 N–H and O–H groups in total. The highest BCUT2D eigenvalue weighted by Gasteiger charge is 2.26. The maximum Gasteiger partial charge on any atom is 0.339 e. The van der Waals surface area contributed by atoms with E-state index in [0.717, 1.165) is 16.6 Å². The molecule has 1 amide bonds. The minimum atomic E-state index is -0.510. The molecule has 6 heteroatoms. The monoisotopic (exact) mass is 342 g/mol. The first-order chi connectivity index (χ1) is 11.9. The Bertz CT molecular complexity index is 795. The molecule has 0 spiro atoms. The zero-order valence-electron chi connectivity index (χ0n) is 14.7. The van der Waals surface area contributed by atoms with E-state index in [0.29, 0.717) is 18.7 Å². The highest BCUT2D eigenvalue weighted by molar-refractivity contribution is 6.04. The van der Waals surface area contributed by atoms with Crippen molar-refractivity contribution in [1.82, 2.24) is 9.88 Å². The lowest BCUT2D eigenvalue weighted by Crippen LogP contribution is -2.49. The summed E-state index contributed by atoms with van der Waals surface area (Å²) >= 11 is 0. The number of ether oxygens (including phenoxy) is 2. The summed E-state index contributed by atoms with van der Waals surface area (Å²) in [4.78, 5) is 30.9.